The van der Waals surface area contributed by atoms with E-state index in [0.29, 0.717) is 19.3 Å². The van der Waals surface area contributed by atoms with Gasteiger partial charge in [-0.15, -0.1) is 0 Å². The molecular formula is C54H85NO8. The molecule has 354 valence electrons. The number of carbonyl (C=O) groups excluding carboxylic acids is 1. The average Bonchev–Trinajstić information content (AvgIpc) is 3.28. The van der Waals surface area contributed by atoms with Gasteiger partial charge in [-0.3, -0.25) is 4.79 Å². The number of nitrogens with one attached hydrogen (secondary N) is 1. The molecule has 7 unspecified atom stereocenters. The fourth-order valence-corrected chi connectivity index (χ4v) is 6.38. The van der Waals surface area contributed by atoms with E-state index >= 15 is 0 Å². The van der Waals surface area contributed by atoms with Gasteiger partial charge < -0.3 is 40.3 Å². The molecule has 7 atom stereocenters. The normalized spacial score (nSPS) is 21.4. The van der Waals surface area contributed by atoms with E-state index in [2.05, 4.69) is 141 Å². The Labute approximate surface area is 381 Å². The summed E-state index contributed by atoms with van der Waals surface area (Å²) in [6.45, 7) is 3.51. The number of hydrogen-bond donors (Lipinski definition) is 6. The van der Waals surface area contributed by atoms with Gasteiger partial charge in [-0.1, -0.05) is 167 Å². The highest BCUT2D eigenvalue weighted by Crippen LogP contribution is 2.22. The van der Waals surface area contributed by atoms with Gasteiger partial charge in [-0.05, 0) is 103 Å². The maximum atomic E-state index is 12.9. The van der Waals surface area contributed by atoms with Crippen LogP contribution in [0.15, 0.2) is 134 Å². The molecule has 63 heavy (non-hydrogen) atoms. The van der Waals surface area contributed by atoms with Crippen molar-refractivity contribution in [2.24, 2.45) is 0 Å². The van der Waals surface area contributed by atoms with Crippen LogP contribution in [0.2, 0.25) is 0 Å². The lowest BCUT2D eigenvalue weighted by atomic mass is 9.99. The predicted octanol–water partition coefficient (Wildman–Crippen LogP) is 10.6. The molecule has 9 nitrogen and oxygen atoms in total. The van der Waals surface area contributed by atoms with E-state index in [4.69, 9.17) is 9.47 Å². The molecule has 0 radical (unpaired) electrons. The standard InChI is InChI=1S/C54H85NO8/c1-3-5-7-9-11-13-15-16-17-18-19-20-21-22-23-24-25-26-27-28-29-30-31-32-34-36-38-40-42-44-50(58)55-47(46-62-54-53(61)52(60)51(59)49(45-56)63-54)48(57)43-41-39-37-35-33-14-12-10-8-6-4-2/h5,7-8,10-11,13,16-17,19-20,22-23,25-26,28-29,31-33,35,41,43,47-49,51-54,56-57,59-61H,3-4,6,9,12,14-15,18,21,24,27,30,34,36-40,42,44-46H2,1-2H3,(H,55,58)/b7-5-,10-8+,13-11-,17-16-,20-19-,23-22-,26-25-,29-28-,32-31-,35-33+,43-41+. The van der Waals surface area contributed by atoms with E-state index in [1.807, 2.05) is 6.08 Å². The maximum Gasteiger partial charge on any atom is 0.220 e. The number of rotatable bonds is 37. The van der Waals surface area contributed by atoms with Crippen LogP contribution in [0.4, 0.5) is 0 Å². The van der Waals surface area contributed by atoms with Crippen LogP contribution in [0.5, 0.6) is 0 Å². The molecule has 0 aromatic heterocycles. The molecule has 0 aromatic rings. The summed E-state index contributed by atoms with van der Waals surface area (Å²) < 4.78 is 11.2. The van der Waals surface area contributed by atoms with Gasteiger partial charge >= 0.3 is 0 Å². The molecule has 1 amide bonds. The number of carbonyl (C=O) groups is 1. The molecule has 0 aromatic carbocycles. The van der Waals surface area contributed by atoms with E-state index in [1.54, 1.807) is 6.08 Å². The fourth-order valence-electron chi connectivity index (χ4n) is 6.38. The van der Waals surface area contributed by atoms with Crippen LogP contribution in [0.3, 0.4) is 0 Å². The van der Waals surface area contributed by atoms with Crippen molar-refractivity contribution in [3.63, 3.8) is 0 Å². The van der Waals surface area contributed by atoms with E-state index in [-0.39, 0.29) is 12.5 Å². The van der Waals surface area contributed by atoms with Gasteiger partial charge in [0, 0.05) is 6.42 Å². The van der Waals surface area contributed by atoms with E-state index in [9.17, 15) is 30.3 Å². The van der Waals surface area contributed by atoms with Crippen LogP contribution in [0.1, 0.15) is 142 Å². The number of ether oxygens (including phenoxy) is 2. The van der Waals surface area contributed by atoms with Crippen LogP contribution in [-0.2, 0) is 14.3 Å². The molecule has 1 saturated heterocycles. The number of unbranched alkanes of at least 4 members (excludes halogenated alkanes) is 7. The van der Waals surface area contributed by atoms with Gasteiger partial charge in [-0.2, -0.15) is 0 Å². The van der Waals surface area contributed by atoms with Crippen LogP contribution in [-0.4, -0.2) is 87.5 Å². The summed E-state index contributed by atoms with van der Waals surface area (Å²) >= 11 is 0. The predicted molar refractivity (Wildman–Crippen MR) is 262 cm³/mol. The highest BCUT2D eigenvalue weighted by molar-refractivity contribution is 5.76. The third-order valence-electron chi connectivity index (χ3n) is 10.2. The smallest absolute Gasteiger partial charge is 0.220 e. The molecule has 0 aliphatic carbocycles. The van der Waals surface area contributed by atoms with Gasteiger partial charge in [0.1, 0.15) is 24.4 Å². The monoisotopic (exact) mass is 876 g/mol. The van der Waals surface area contributed by atoms with Crippen molar-refractivity contribution in [2.75, 3.05) is 13.2 Å². The second-order valence-corrected chi connectivity index (χ2v) is 15.8. The first-order chi connectivity index (χ1) is 30.8. The third kappa shape index (κ3) is 32.6. The zero-order valence-electron chi connectivity index (χ0n) is 38.8. The Balaban J connectivity index is 2.31. The summed E-state index contributed by atoms with van der Waals surface area (Å²) in [7, 11) is 0. The molecular weight excluding hydrogens is 791 g/mol. The second kappa shape index (κ2) is 42.3. The van der Waals surface area contributed by atoms with E-state index in [0.717, 1.165) is 109 Å². The Morgan fingerprint density at radius 3 is 1.49 bits per heavy atom. The molecule has 0 saturated carbocycles. The van der Waals surface area contributed by atoms with Gasteiger partial charge in [-0.25, -0.2) is 0 Å². The van der Waals surface area contributed by atoms with Crippen molar-refractivity contribution in [1.29, 1.82) is 0 Å². The molecule has 0 bridgehead atoms. The zero-order valence-corrected chi connectivity index (χ0v) is 38.8. The minimum Gasteiger partial charge on any atom is -0.394 e. The van der Waals surface area contributed by atoms with E-state index < -0.39 is 49.5 Å². The lowest BCUT2D eigenvalue weighted by molar-refractivity contribution is -0.302. The van der Waals surface area contributed by atoms with Crippen molar-refractivity contribution >= 4 is 5.91 Å². The van der Waals surface area contributed by atoms with Crippen LogP contribution in [0, 0.1) is 0 Å². The molecule has 1 aliphatic rings. The van der Waals surface area contributed by atoms with Crippen molar-refractivity contribution in [3.8, 4) is 0 Å². The second-order valence-electron chi connectivity index (χ2n) is 15.8. The summed E-state index contributed by atoms with van der Waals surface area (Å²) in [6.07, 6.45) is 57.9. The van der Waals surface area contributed by atoms with Gasteiger partial charge in [0.05, 0.1) is 25.4 Å². The highest BCUT2D eigenvalue weighted by atomic mass is 16.7. The molecule has 1 rings (SSSR count). The van der Waals surface area contributed by atoms with Crippen LogP contribution in [0.25, 0.3) is 0 Å². The number of hydrogen-bond acceptors (Lipinski definition) is 8. The molecule has 9 heteroatoms. The van der Waals surface area contributed by atoms with Crippen LogP contribution < -0.4 is 5.32 Å². The molecule has 6 N–H and O–H groups in total. The number of amides is 1. The molecule has 1 aliphatic heterocycles. The van der Waals surface area contributed by atoms with Crippen molar-refractivity contribution in [1.82, 2.24) is 5.32 Å². The molecule has 1 heterocycles. The number of allylic oxidation sites excluding steroid dienone is 21. The Morgan fingerprint density at radius 2 is 1.00 bits per heavy atom. The fraction of sp³-hybridized carbons (Fsp3) is 0.574. The van der Waals surface area contributed by atoms with Crippen molar-refractivity contribution in [2.45, 2.75) is 185 Å². The van der Waals surface area contributed by atoms with Gasteiger partial charge in [0.2, 0.25) is 5.91 Å². The molecule has 0 spiro atoms. The Bertz CT molecular complexity index is 1430. The van der Waals surface area contributed by atoms with Crippen LogP contribution >= 0.6 is 0 Å². The minimum atomic E-state index is -1.59. The van der Waals surface area contributed by atoms with Gasteiger partial charge in [0.15, 0.2) is 6.29 Å². The van der Waals surface area contributed by atoms with Crippen molar-refractivity contribution in [3.05, 3.63) is 134 Å². The Morgan fingerprint density at radius 1 is 0.556 bits per heavy atom. The Kier molecular flexibility index (Phi) is 38.5. The zero-order chi connectivity index (χ0) is 45.9. The maximum absolute atomic E-state index is 12.9. The summed E-state index contributed by atoms with van der Waals surface area (Å²) in [4.78, 5) is 12.9. The topological polar surface area (TPSA) is 149 Å². The first-order valence-corrected chi connectivity index (χ1v) is 23.9. The first kappa shape index (κ1) is 57.3. The molecule has 1 fully saturated rings. The number of aliphatic hydroxyl groups excluding tert-OH is 5. The summed E-state index contributed by atoms with van der Waals surface area (Å²) in [5, 5.41) is 54.1. The average molecular weight is 876 g/mol. The minimum absolute atomic E-state index is 0.225. The lowest BCUT2D eigenvalue weighted by Crippen LogP contribution is -2.60. The van der Waals surface area contributed by atoms with Gasteiger partial charge in [0.25, 0.3) is 0 Å². The third-order valence-corrected chi connectivity index (χ3v) is 10.2. The largest absolute Gasteiger partial charge is 0.394 e. The summed E-state index contributed by atoms with van der Waals surface area (Å²) in [5.74, 6) is -0.225. The lowest BCUT2D eigenvalue weighted by Gasteiger charge is -2.40. The Hall–Kier alpha value is -3.67. The highest BCUT2D eigenvalue weighted by Gasteiger charge is 2.44. The summed E-state index contributed by atoms with van der Waals surface area (Å²) in [6, 6.07) is -0.851. The quantitative estimate of drug-likeness (QED) is 0.0267. The van der Waals surface area contributed by atoms with E-state index in [1.165, 1.54) is 0 Å². The van der Waals surface area contributed by atoms with Crippen molar-refractivity contribution < 1.29 is 39.8 Å². The number of aliphatic hydroxyl groups is 5. The first-order valence-electron chi connectivity index (χ1n) is 23.9. The SMILES string of the molecule is CC/C=C\C/C=C\C/C=C\C/C=C\C/C=C\C/C=C\C/C=C\C/C=C\CCCCCCC(=O)NC(COC1OC(CO)C(O)C(O)C1O)C(O)/C=C/CC/C=C/CC/C=C/CCC. The summed E-state index contributed by atoms with van der Waals surface area (Å²) in [5.41, 5.74) is 0.